The Morgan fingerprint density at radius 3 is 2.66 bits per heavy atom. The number of aromatic nitrogens is 4. The van der Waals surface area contributed by atoms with Gasteiger partial charge >= 0.3 is 0 Å². The molecule has 0 bridgehead atoms. The molecule has 0 aliphatic rings. The van der Waals surface area contributed by atoms with Gasteiger partial charge in [0.15, 0.2) is 5.82 Å². The summed E-state index contributed by atoms with van der Waals surface area (Å²) in [5.41, 5.74) is 3.74. The van der Waals surface area contributed by atoms with Crippen LogP contribution in [0.2, 0.25) is 0 Å². The van der Waals surface area contributed by atoms with Crippen LogP contribution in [0.5, 0.6) is 0 Å². The molecule has 3 aromatic heterocycles. The quantitative estimate of drug-likeness (QED) is 0.450. The number of halogens is 1. The van der Waals surface area contributed by atoms with E-state index in [-0.39, 0.29) is 0 Å². The number of rotatable bonds is 5. The number of nitrogens with one attached hydrogen (secondary N) is 2. The predicted molar refractivity (Wildman–Crippen MR) is 113 cm³/mol. The van der Waals surface area contributed by atoms with Gasteiger partial charge in [-0.3, -0.25) is 4.98 Å². The minimum absolute atomic E-state index is 0.409. The molecule has 5 nitrogen and oxygen atoms in total. The summed E-state index contributed by atoms with van der Waals surface area (Å²) >= 11 is 0. The number of aromatic amines is 1. The van der Waals surface area contributed by atoms with Crippen LogP contribution in [-0.4, -0.2) is 26.5 Å². The van der Waals surface area contributed by atoms with Gasteiger partial charge in [0.25, 0.3) is 0 Å². The molecule has 0 aliphatic carbocycles. The van der Waals surface area contributed by atoms with Crippen LogP contribution in [0.1, 0.15) is 5.56 Å². The Kier molecular flexibility index (Phi) is 4.37. The highest BCUT2D eigenvalue weighted by molar-refractivity contribution is 5.90. The lowest BCUT2D eigenvalue weighted by atomic mass is 10.1. The van der Waals surface area contributed by atoms with Crippen LogP contribution in [0.3, 0.4) is 0 Å². The second-order valence-electron chi connectivity index (χ2n) is 6.84. The van der Waals surface area contributed by atoms with E-state index in [0.29, 0.717) is 17.9 Å². The third-order valence-electron chi connectivity index (χ3n) is 4.93. The zero-order valence-electron chi connectivity index (χ0n) is 15.6. The van der Waals surface area contributed by atoms with Gasteiger partial charge in [-0.05, 0) is 36.2 Å². The summed E-state index contributed by atoms with van der Waals surface area (Å²) in [5.74, 6) is 0.771. The van der Waals surface area contributed by atoms with Crippen LogP contribution >= 0.6 is 0 Å². The summed E-state index contributed by atoms with van der Waals surface area (Å²) in [6.07, 6.45) is 5.64. The lowest BCUT2D eigenvalue weighted by molar-refractivity contribution is 0.622. The van der Waals surface area contributed by atoms with Gasteiger partial charge in [0, 0.05) is 40.8 Å². The zero-order valence-corrected chi connectivity index (χ0v) is 15.6. The van der Waals surface area contributed by atoms with Crippen LogP contribution in [0.4, 0.5) is 10.2 Å². The Morgan fingerprint density at radius 2 is 1.76 bits per heavy atom. The first kappa shape index (κ1) is 17.3. The fourth-order valence-corrected chi connectivity index (χ4v) is 3.53. The van der Waals surface area contributed by atoms with Crippen LogP contribution < -0.4 is 5.32 Å². The Labute approximate surface area is 166 Å². The lowest BCUT2D eigenvalue weighted by Crippen LogP contribution is -2.08. The molecule has 2 N–H and O–H groups in total. The number of nitrogens with zero attached hydrogens (tertiary/aromatic N) is 3. The van der Waals surface area contributed by atoms with E-state index in [2.05, 4.69) is 37.4 Å². The molecule has 0 fully saturated rings. The average molecular weight is 383 g/mol. The van der Waals surface area contributed by atoms with E-state index in [0.717, 1.165) is 28.7 Å². The molecule has 142 valence electrons. The number of para-hydroxylation sites is 2. The van der Waals surface area contributed by atoms with Crippen molar-refractivity contribution in [2.45, 2.75) is 6.42 Å². The Morgan fingerprint density at radius 1 is 0.931 bits per heavy atom. The third kappa shape index (κ3) is 3.40. The highest BCUT2D eigenvalue weighted by atomic mass is 19.1. The van der Waals surface area contributed by atoms with Crippen molar-refractivity contribution in [1.29, 1.82) is 0 Å². The Bertz CT molecular complexity index is 1310. The van der Waals surface area contributed by atoms with E-state index >= 15 is 0 Å². The van der Waals surface area contributed by atoms with Crippen LogP contribution in [0.15, 0.2) is 73.2 Å². The van der Waals surface area contributed by atoms with Gasteiger partial charge in [0.1, 0.15) is 11.6 Å². The van der Waals surface area contributed by atoms with Gasteiger partial charge < -0.3 is 10.3 Å². The van der Waals surface area contributed by atoms with E-state index in [1.807, 2.05) is 42.6 Å². The van der Waals surface area contributed by atoms with Gasteiger partial charge in [0.05, 0.1) is 11.7 Å². The second kappa shape index (κ2) is 7.31. The van der Waals surface area contributed by atoms with Crippen molar-refractivity contribution >= 4 is 27.6 Å². The Balaban J connectivity index is 1.45. The number of benzene rings is 2. The fraction of sp³-hybridized carbons (Fsp3) is 0.0870. The van der Waals surface area contributed by atoms with Gasteiger partial charge in [-0.25, -0.2) is 14.4 Å². The zero-order chi connectivity index (χ0) is 19.6. The van der Waals surface area contributed by atoms with E-state index in [9.17, 15) is 4.39 Å². The molecule has 0 aliphatic heterocycles. The molecule has 6 heteroatoms. The summed E-state index contributed by atoms with van der Waals surface area (Å²) in [6.45, 7) is 0.712. The van der Waals surface area contributed by atoms with Crippen molar-refractivity contribution < 1.29 is 4.39 Å². The molecule has 0 saturated carbocycles. The van der Waals surface area contributed by atoms with Crippen molar-refractivity contribution in [1.82, 2.24) is 19.9 Å². The van der Waals surface area contributed by atoms with Crippen LogP contribution in [0, 0.1) is 5.82 Å². The molecular weight excluding hydrogens is 365 g/mol. The number of hydrogen-bond acceptors (Lipinski definition) is 4. The minimum atomic E-state index is -0.409. The molecule has 0 atom stereocenters. The number of pyridine rings is 1. The molecule has 0 amide bonds. The maximum absolute atomic E-state index is 13.6. The average Bonchev–Trinajstić information content (AvgIpc) is 3.17. The van der Waals surface area contributed by atoms with Gasteiger partial charge in [-0.2, -0.15) is 0 Å². The molecule has 2 aromatic carbocycles. The first-order valence-corrected chi connectivity index (χ1v) is 9.44. The van der Waals surface area contributed by atoms with Crippen molar-refractivity contribution in [2.24, 2.45) is 0 Å². The van der Waals surface area contributed by atoms with Crippen LogP contribution in [-0.2, 0) is 6.42 Å². The van der Waals surface area contributed by atoms with E-state index in [4.69, 9.17) is 0 Å². The molecule has 0 radical (unpaired) electrons. The van der Waals surface area contributed by atoms with Gasteiger partial charge in [-0.1, -0.05) is 30.3 Å². The topological polar surface area (TPSA) is 66.5 Å². The summed E-state index contributed by atoms with van der Waals surface area (Å²) in [7, 11) is 0. The fourth-order valence-electron chi connectivity index (χ4n) is 3.53. The molecule has 29 heavy (non-hydrogen) atoms. The second-order valence-corrected chi connectivity index (χ2v) is 6.84. The standard InChI is InChI=1S/C23H18FN5/c24-17-11-16(12-25-14-17)22-28-21-8-4-2-6-19(21)23(29-22)26-10-9-15-13-27-20-7-3-1-5-18(15)20/h1-8,11-14,27H,9-10H2,(H,26,28,29). The summed E-state index contributed by atoms with van der Waals surface area (Å²) in [6, 6.07) is 17.5. The lowest BCUT2D eigenvalue weighted by Gasteiger charge is -2.11. The largest absolute Gasteiger partial charge is 0.369 e. The van der Waals surface area contributed by atoms with Crippen LogP contribution in [0.25, 0.3) is 33.2 Å². The van der Waals surface area contributed by atoms with Crippen molar-refractivity contribution in [3.63, 3.8) is 0 Å². The van der Waals surface area contributed by atoms with Crippen molar-refractivity contribution in [3.05, 3.63) is 84.6 Å². The van der Waals surface area contributed by atoms with Gasteiger partial charge in [0.2, 0.25) is 0 Å². The van der Waals surface area contributed by atoms with Gasteiger partial charge in [-0.15, -0.1) is 0 Å². The Hall–Kier alpha value is -3.80. The first-order valence-electron chi connectivity index (χ1n) is 9.44. The molecule has 5 rings (SSSR count). The molecule has 3 heterocycles. The SMILES string of the molecule is Fc1cncc(-c2nc(NCCc3c[nH]c4ccccc34)c3ccccc3n2)c1. The molecular formula is C23H18FN5. The van der Waals surface area contributed by atoms with E-state index < -0.39 is 5.82 Å². The van der Waals surface area contributed by atoms with Crippen molar-refractivity contribution in [2.75, 3.05) is 11.9 Å². The number of anilines is 1. The predicted octanol–water partition coefficient (Wildman–Crippen LogP) is 4.97. The van der Waals surface area contributed by atoms with E-state index in [1.54, 1.807) is 6.20 Å². The molecule has 0 spiro atoms. The summed E-state index contributed by atoms with van der Waals surface area (Å²) in [4.78, 5) is 16.5. The third-order valence-corrected chi connectivity index (χ3v) is 4.93. The number of hydrogen-bond donors (Lipinski definition) is 2. The molecule has 5 aromatic rings. The summed E-state index contributed by atoms with van der Waals surface area (Å²) in [5, 5.41) is 5.60. The van der Waals surface area contributed by atoms with E-state index in [1.165, 1.54) is 23.2 Å². The first-order chi connectivity index (χ1) is 14.3. The maximum Gasteiger partial charge on any atom is 0.163 e. The normalized spacial score (nSPS) is 11.2. The number of fused-ring (bicyclic) bond motifs is 2. The van der Waals surface area contributed by atoms with Crippen molar-refractivity contribution in [3.8, 4) is 11.4 Å². The maximum atomic E-state index is 13.6. The minimum Gasteiger partial charge on any atom is -0.369 e. The molecule has 0 unspecified atom stereocenters. The highest BCUT2D eigenvalue weighted by Gasteiger charge is 2.11. The number of H-pyrrole nitrogens is 1. The smallest absolute Gasteiger partial charge is 0.163 e. The molecule has 0 saturated heterocycles. The monoisotopic (exact) mass is 383 g/mol. The highest BCUT2D eigenvalue weighted by Crippen LogP contribution is 2.25. The summed E-state index contributed by atoms with van der Waals surface area (Å²) < 4.78 is 13.6.